The number of hydrogen-bond donors (Lipinski definition) is 1. The summed E-state index contributed by atoms with van der Waals surface area (Å²) in [5.41, 5.74) is 0. The van der Waals surface area contributed by atoms with Gasteiger partial charge in [0.2, 0.25) is 0 Å². The number of rotatable bonds is 7. The van der Waals surface area contributed by atoms with Gasteiger partial charge < -0.3 is 5.32 Å². The third-order valence-electron chi connectivity index (χ3n) is 1.97. The molecule has 0 aliphatic heterocycles. The Morgan fingerprint density at radius 1 is 1.43 bits per heavy atom. The van der Waals surface area contributed by atoms with Crippen molar-refractivity contribution in [2.75, 3.05) is 25.1 Å². The molecule has 0 rings (SSSR count). The molecule has 84 valence electrons. The van der Waals surface area contributed by atoms with Crippen molar-refractivity contribution in [3.05, 3.63) is 0 Å². The summed E-state index contributed by atoms with van der Waals surface area (Å²) in [5, 5.41) is 3.06. The van der Waals surface area contributed by atoms with Crippen LogP contribution in [0.1, 0.15) is 20.3 Å². The Hall–Kier alpha value is -0.420. The minimum Gasteiger partial charge on any atom is -0.316 e. The first-order chi connectivity index (χ1) is 6.37. The van der Waals surface area contributed by atoms with Crippen LogP contribution < -0.4 is 5.32 Å². The fourth-order valence-corrected chi connectivity index (χ4v) is 1.58. The second-order valence-corrected chi connectivity index (χ2v) is 5.81. The van der Waals surface area contributed by atoms with Gasteiger partial charge in [-0.3, -0.25) is 4.79 Å². The predicted octanol–water partition coefficient (Wildman–Crippen LogP) is 0.236. The monoisotopic (exact) mass is 221 g/mol. The molecule has 0 aromatic rings. The van der Waals surface area contributed by atoms with Crippen molar-refractivity contribution in [3.8, 4) is 0 Å². The lowest BCUT2D eigenvalue weighted by Gasteiger charge is -2.09. The molecule has 0 fully saturated rings. The van der Waals surface area contributed by atoms with Gasteiger partial charge in [0.25, 0.3) is 0 Å². The van der Waals surface area contributed by atoms with Crippen molar-refractivity contribution in [2.45, 2.75) is 20.3 Å². The lowest BCUT2D eigenvalue weighted by molar-refractivity contribution is -0.121. The average Bonchev–Trinajstić information content (AvgIpc) is 2.09. The first-order valence-corrected chi connectivity index (χ1v) is 6.84. The second kappa shape index (κ2) is 6.14. The minimum atomic E-state index is -3.01. The van der Waals surface area contributed by atoms with Crippen LogP contribution in [0.25, 0.3) is 0 Å². The zero-order chi connectivity index (χ0) is 11.2. The maximum atomic E-state index is 11.4. The summed E-state index contributed by atoms with van der Waals surface area (Å²) in [6.07, 6.45) is 1.28. The summed E-state index contributed by atoms with van der Waals surface area (Å²) < 4.78 is 21.6. The molecule has 0 radical (unpaired) electrons. The molecule has 0 aliphatic carbocycles. The molecule has 0 heterocycles. The van der Waals surface area contributed by atoms with Crippen molar-refractivity contribution in [1.82, 2.24) is 5.32 Å². The Morgan fingerprint density at radius 2 is 2.00 bits per heavy atom. The minimum absolute atomic E-state index is 0.0105. The molecule has 0 saturated heterocycles. The fourth-order valence-electron chi connectivity index (χ4n) is 1.01. The Bertz CT molecular complexity index is 272. The Balaban J connectivity index is 3.84. The van der Waals surface area contributed by atoms with Gasteiger partial charge in [-0.15, -0.1) is 0 Å². The van der Waals surface area contributed by atoms with E-state index >= 15 is 0 Å². The van der Waals surface area contributed by atoms with Gasteiger partial charge >= 0.3 is 0 Å². The molecule has 0 aromatic heterocycles. The molecule has 1 N–H and O–H groups in total. The van der Waals surface area contributed by atoms with Crippen molar-refractivity contribution < 1.29 is 13.2 Å². The quantitative estimate of drug-likeness (QED) is 0.668. The van der Waals surface area contributed by atoms with Crippen LogP contribution in [0, 0.1) is 5.92 Å². The van der Waals surface area contributed by atoms with Gasteiger partial charge in [-0.1, -0.05) is 13.8 Å². The molecule has 0 amide bonds. The normalized spacial score (nSPS) is 13.9. The molecule has 0 aromatic carbocycles. The SMILES string of the molecule is CCNCC(C)C(=O)CCS(C)(=O)=O. The highest BCUT2D eigenvalue weighted by Gasteiger charge is 2.14. The van der Waals surface area contributed by atoms with E-state index in [2.05, 4.69) is 5.32 Å². The van der Waals surface area contributed by atoms with E-state index < -0.39 is 9.84 Å². The van der Waals surface area contributed by atoms with Crippen LogP contribution in [0.3, 0.4) is 0 Å². The number of carbonyl (C=O) groups is 1. The van der Waals surface area contributed by atoms with Gasteiger partial charge in [0, 0.05) is 25.1 Å². The number of ketones is 1. The molecule has 0 saturated carbocycles. The molecule has 0 aliphatic rings. The Morgan fingerprint density at radius 3 is 2.43 bits per heavy atom. The predicted molar refractivity (Wildman–Crippen MR) is 57.0 cm³/mol. The van der Waals surface area contributed by atoms with Crippen LogP contribution in [0.5, 0.6) is 0 Å². The summed E-state index contributed by atoms with van der Waals surface area (Å²) in [6, 6.07) is 0. The van der Waals surface area contributed by atoms with Gasteiger partial charge in [-0.25, -0.2) is 8.42 Å². The molecule has 1 atom stereocenters. The van der Waals surface area contributed by atoms with Gasteiger partial charge in [-0.05, 0) is 6.54 Å². The van der Waals surface area contributed by atoms with E-state index in [0.717, 1.165) is 12.8 Å². The number of nitrogens with one attached hydrogen (secondary N) is 1. The standard InChI is InChI=1S/C9H19NO3S/c1-4-10-7-8(2)9(11)5-6-14(3,12)13/h8,10H,4-7H2,1-3H3. The zero-order valence-electron chi connectivity index (χ0n) is 9.04. The topological polar surface area (TPSA) is 63.2 Å². The first kappa shape index (κ1) is 13.6. The largest absolute Gasteiger partial charge is 0.316 e. The first-order valence-electron chi connectivity index (χ1n) is 4.78. The van der Waals surface area contributed by atoms with Crippen molar-refractivity contribution in [2.24, 2.45) is 5.92 Å². The second-order valence-electron chi connectivity index (χ2n) is 3.55. The third-order valence-corrected chi connectivity index (χ3v) is 2.92. The van der Waals surface area contributed by atoms with Gasteiger partial charge in [0.15, 0.2) is 0 Å². The van der Waals surface area contributed by atoms with E-state index in [1.807, 2.05) is 13.8 Å². The van der Waals surface area contributed by atoms with E-state index in [0.29, 0.717) is 6.54 Å². The molecule has 5 heteroatoms. The Kier molecular flexibility index (Phi) is 5.95. The van der Waals surface area contributed by atoms with E-state index in [4.69, 9.17) is 0 Å². The van der Waals surface area contributed by atoms with Gasteiger partial charge in [0.05, 0.1) is 5.75 Å². The number of carbonyl (C=O) groups excluding carboxylic acids is 1. The highest BCUT2D eigenvalue weighted by Crippen LogP contribution is 2.01. The van der Waals surface area contributed by atoms with Crippen molar-refractivity contribution in [1.29, 1.82) is 0 Å². The van der Waals surface area contributed by atoms with Crippen LogP contribution in [-0.4, -0.2) is 39.3 Å². The van der Waals surface area contributed by atoms with Crippen LogP contribution in [0.15, 0.2) is 0 Å². The Labute approximate surface area is 86.0 Å². The fraction of sp³-hybridized carbons (Fsp3) is 0.889. The van der Waals surface area contributed by atoms with Crippen LogP contribution in [-0.2, 0) is 14.6 Å². The average molecular weight is 221 g/mol. The van der Waals surface area contributed by atoms with Gasteiger partial charge in [-0.2, -0.15) is 0 Å². The lowest BCUT2D eigenvalue weighted by Crippen LogP contribution is -2.27. The molecule has 14 heavy (non-hydrogen) atoms. The highest BCUT2D eigenvalue weighted by atomic mass is 32.2. The highest BCUT2D eigenvalue weighted by molar-refractivity contribution is 7.90. The zero-order valence-corrected chi connectivity index (χ0v) is 9.86. The lowest BCUT2D eigenvalue weighted by atomic mass is 10.1. The van der Waals surface area contributed by atoms with Crippen molar-refractivity contribution >= 4 is 15.6 Å². The summed E-state index contributed by atoms with van der Waals surface area (Å²) in [5.74, 6) is -0.129. The summed E-state index contributed by atoms with van der Waals surface area (Å²) in [4.78, 5) is 11.4. The molecule has 0 spiro atoms. The van der Waals surface area contributed by atoms with E-state index in [1.165, 1.54) is 0 Å². The molecular weight excluding hydrogens is 202 g/mol. The number of sulfone groups is 1. The molecule has 0 bridgehead atoms. The van der Waals surface area contributed by atoms with E-state index in [9.17, 15) is 13.2 Å². The number of Topliss-reactive ketones (excluding diaryl/α,β-unsaturated/α-hetero) is 1. The number of hydrogen-bond acceptors (Lipinski definition) is 4. The van der Waals surface area contributed by atoms with E-state index in [-0.39, 0.29) is 23.9 Å². The van der Waals surface area contributed by atoms with Crippen LogP contribution in [0.2, 0.25) is 0 Å². The maximum absolute atomic E-state index is 11.4. The van der Waals surface area contributed by atoms with Crippen LogP contribution in [0.4, 0.5) is 0 Å². The molecule has 4 nitrogen and oxygen atoms in total. The van der Waals surface area contributed by atoms with Crippen molar-refractivity contribution in [3.63, 3.8) is 0 Å². The summed E-state index contributed by atoms with van der Waals surface area (Å²) in [6.45, 7) is 5.23. The third kappa shape index (κ3) is 7.03. The summed E-state index contributed by atoms with van der Waals surface area (Å²) in [7, 11) is -3.01. The molecular formula is C9H19NO3S. The van der Waals surface area contributed by atoms with Gasteiger partial charge in [0.1, 0.15) is 15.6 Å². The summed E-state index contributed by atoms with van der Waals surface area (Å²) >= 11 is 0. The maximum Gasteiger partial charge on any atom is 0.147 e. The van der Waals surface area contributed by atoms with E-state index in [1.54, 1.807) is 0 Å². The smallest absolute Gasteiger partial charge is 0.147 e. The molecule has 1 unspecified atom stereocenters. The van der Waals surface area contributed by atoms with Crippen LogP contribution >= 0.6 is 0 Å².